The molecule has 5 nitrogen and oxygen atoms in total. The molecule has 0 amide bonds. The second kappa shape index (κ2) is 5.28. The topological polar surface area (TPSA) is 67.5 Å². The van der Waals surface area contributed by atoms with Gasteiger partial charge in [0, 0.05) is 12.1 Å². The van der Waals surface area contributed by atoms with E-state index in [0.717, 1.165) is 0 Å². The van der Waals surface area contributed by atoms with Crippen LogP contribution in [-0.2, 0) is 0 Å². The summed E-state index contributed by atoms with van der Waals surface area (Å²) < 4.78 is 37.8. The summed E-state index contributed by atoms with van der Waals surface area (Å²) >= 11 is 5.96. The van der Waals surface area contributed by atoms with Gasteiger partial charge in [-0.3, -0.25) is 15.1 Å². The molecule has 108 valence electrons. The molecule has 0 aromatic heterocycles. The first kappa shape index (κ1) is 14.6. The van der Waals surface area contributed by atoms with E-state index in [0.29, 0.717) is 5.56 Å². The fourth-order valence-corrected chi connectivity index (χ4v) is 2.11. The lowest BCUT2D eigenvalue weighted by Crippen LogP contribution is -2.46. The average Bonchev–Trinajstić information content (AvgIpc) is 2.38. The highest BCUT2D eigenvalue weighted by Crippen LogP contribution is 2.29. The van der Waals surface area contributed by atoms with Gasteiger partial charge < -0.3 is 5.32 Å². The monoisotopic (exact) mass is 307 g/mol. The maximum atomic E-state index is 12.6. The molecule has 0 saturated heterocycles. The summed E-state index contributed by atoms with van der Waals surface area (Å²) in [5.41, 5.74) is 0.299. The van der Waals surface area contributed by atoms with Gasteiger partial charge in [-0.05, 0) is 5.56 Å². The molecule has 2 rings (SSSR count). The van der Waals surface area contributed by atoms with E-state index in [1.54, 1.807) is 0 Å². The van der Waals surface area contributed by atoms with Crippen molar-refractivity contribution < 1.29 is 18.1 Å². The minimum atomic E-state index is -4.57. The zero-order valence-corrected chi connectivity index (χ0v) is 10.6. The molecule has 0 aliphatic carbocycles. The summed E-state index contributed by atoms with van der Waals surface area (Å²) in [4.78, 5) is 13.3. The fourth-order valence-electron chi connectivity index (χ4n) is 1.83. The summed E-state index contributed by atoms with van der Waals surface area (Å²) in [5.74, 6) is -1.09. The maximum Gasteiger partial charge on any atom is 0.448 e. The van der Waals surface area contributed by atoms with Crippen LogP contribution >= 0.6 is 11.6 Å². The van der Waals surface area contributed by atoms with Crippen LogP contribution < -0.4 is 5.32 Å². The van der Waals surface area contributed by atoms with Crippen molar-refractivity contribution in [2.45, 2.75) is 17.6 Å². The standard InChI is InChI=1S/C11H9ClF3N3O2/c12-8-5-16-10(11(13,14)15)17-9(8)6-1-3-7(4-2-6)18(19)20/h1-4,8-9H,5H2,(H,16,17). The largest absolute Gasteiger partial charge is 0.448 e. The Morgan fingerprint density at radius 2 is 1.95 bits per heavy atom. The third-order valence-electron chi connectivity index (χ3n) is 2.81. The number of rotatable bonds is 2. The van der Waals surface area contributed by atoms with E-state index in [1.165, 1.54) is 24.3 Å². The molecular weight excluding hydrogens is 299 g/mol. The second-order valence-corrected chi connectivity index (χ2v) is 4.73. The number of hydrogen-bond donors (Lipinski definition) is 1. The molecule has 0 bridgehead atoms. The Kier molecular flexibility index (Phi) is 3.85. The van der Waals surface area contributed by atoms with Gasteiger partial charge in [0.1, 0.15) is 0 Å². The van der Waals surface area contributed by atoms with E-state index >= 15 is 0 Å². The Bertz CT molecular complexity index is 545. The number of nitro groups is 1. The van der Waals surface area contributed by atoms with Crippen LogP contribution in [0.3, 0.4) is 0 Å². The number of nitrogens with one attached hydrogen (secondary N) is 1. The molecular formula is C11H9ClF3N3O2. The van der Waals surface area contributed by atoms with Gasteiger partial charge in [0.15, 0.2) is 0 Å². The van der Waals surface area contributed by atoms with Crippen molar-refractivity contribution in [2.75, 3.05) is 6.54 Å². The molecule has 1 heterocycles. The molecule has 1 aromatic carbocycles. The second-order valence-electron chi connectivity index (χ2n) is 4.17. The zero-order valence-electron chi connectivity index (χ0n) is 9.89. The molecule has 0 fully saturated rings. The maximum absolute atomic E-state index is 12.6. The molecule has 9 heteroatoms. The number of alkyl halides is 4. The van der Waals surface area contributed by atoms with Crippen molar-refractivity contribution in [3.63, 3.8) is 0 Å². The van der Waals surface area contributed by atoms with Gasteiger partial charge >= 0.3 is 6.18 Å². The summed E-state index contributed by atoms with van der Waals surface area (Å²) in [5, 5.41) is 12.1. The zero-order chi connectivity index (χ0) is 14.9. The fraction of sp³-hybridized carbons (Fsp3) is 0.364. The minimum Gasteiger partial charge on any atom is -0.358 e. The van der Waals surface area contributed by atoms with E-state index in [4.69, 9.17) is 11.6 Å². The van der Waals surface area contributed by atoms with Crippen molar-refractivity contribution in [3.05, 3.63) is 39.9 Å². The number of aliphatic imine (C=N–C) groups is 1. The van der Waals surface area contributed by atoms with E-state index in [1.807, 2.05) is 0 Å². The van der Waals surface area contributed by atoms with Crippen LogP contribution in [-0.4, -0.2) is 28.9 Å². The van der Waals surface area contributed by atoms with E-state index in [-0.39, 0.29) is 12.2 Å². The van der Waals surface area contributed by atoms with E-state index in [9.17, 15) is 23.3 Å². The Labute approximate surface area is 116 Å². The molecule has 20 heavy (non-hydrogen) atoms. The molecule has 2 atom stereocenters. The molecule has 2 unspecified atom stereocenters. The Morgan fingerprint density at radius 3 is 2.45 bits per heavy atom. The molecule has 1 N–H and O–H groups in total. The number of halogens is 4. The highest BCUT2D eigenvalue weighted by atomic mass is 35.5. The number of nitro benzene ring substituents is 1. The predicted octanol–water partition coefficient (Wildman–Crippen LogP) is 2.81. The van der Waals surface area contributed by atoms with Crippen LogP contribution in [0.25, 0.3) is 0 Å². The van der Waals surface area contributed by atoms with E-state index < -0.39 is 28.4 Å². The van der Waals surface area contributed by atoms with Crippen LogP contribution in [0.1, 0.15) is 11.6 Å². The first-order chi connectivity index (χ1) is 9.29. The third kappa shape index (κ3) is 3.01. The quantitative estimate of drug-likeness (QED) is 0.519. The summed E-state index contributed by atoms with van der Waals surface area (Å²) in [6, 6.07) is 4.40. The van der Waals surface area contributed by atoms with Crippen LogP contribution in [0.2, 0.25) is 0 Å². The van der Waals surface area contributed by atoms with Gasteiger partial charge in [-0.25, -0.2) is 0 Å². The van der Waals surface area contributed by atoms with Gasteiger partial charge in [-0.15, -0.1) is 11.6 Å². The van der Waals surface area contributed by atoms with Gasteiger partial charge in [-0.1, -0.05) is 12.1 Å². The SMILES string of the molecule is O=[N+]([O-])c1ccc(C2NC(C(F)(F)F)=NCC2Cl)cc1. The summed E-state index contributed by atoms with van der Waals surface area (Å²) in [6.07, 6.45) is -4.57. The first-order valence-corrected chi connectivity index (χ1v) is 5.99. The number of benzene rings is 1. The molecule has 1 aromatic rings. The molecule has 1 aliphatic heterocycles. The average molecular weight is 308 g/mol. The normalized spacial score (nSPS) is 22.9. The van der Waals surface area contributed by atoms with Crippen molar-refractivity contribution in [2.24, 2.45) is 4.99 Å². The van der Waals surface area contributed by atoms with Crippen molar-refractivity contribution in [1.29, 1.82) is 0 Å². The van der Waals surface area contributed by atoms with Crippen molar-refractivity contribution >= 4 is 23.1 Å². The van der Waals surface area contributed by atoms with Crippen molar-refractivity contribution in [3.8, 4) is 0 Å². The van der Waals surface area contributed by atoms with E-state index in [2.05, 4.69) is 10.3 Å². The van der Waals surface area contributed by atoms with Gasteiger partial charge in [0.25, 0.3) is 5.69 Å². The number of amidine groups is 1. The first-order valence-electron chi connectivity index (χ1n) is 5.55. The lowest BCUT2D eigenvalue weighted by molar-refractivity contribution is -0.384. The van der Waals surface area contributed by atoms with Gasteiger partial charge in [-0.2, -0.15) is 13.2 Å². The van der Waals surface area contributed by atoms with Crippen LogP contribution in [0.5, 0.6) is 0 Å². The lowest BCUT2D eigenvalue weighted by atomic mass is 10.0. The highest BCUT2D eigenvalue weighted by molar-refractivity contribution is 6.21. The number of non-ortho nitro benzene ring substituents is 1. The third-order valence-corrected chi connectivity index (χ3v) is 3.20. The van der Waals surface area contributed by atoms with Gasteiger partial charge in [0.05, 0.1) is 22.9 Å². The molecule has 0 spiro atoms. The van der Waals surface area contributed by atoms with Crippen LogP contribution in [0.15, 0.2) is 29.3 Å². The molecule has 0 saturated carbocycles. The number of nitrogens with zero attached hydrogens (tertiary/aromatic N) is 2. The smallest absolute Gasteiger partial charge is 0.358 e. The Hall–Kier alpha value is -1.83. The lowest BCUT2D eigenvalue weighted by Gasteiger charge is -2.29. The molecule has 1 aliphatic rings. The minimum absolute atomic E-state index is 0.139. The van der Waals surface area contributed by atoms with Crippen LogP contribution in [0, 0.1) is 10.1 Å². The van der Waals surface area contributed by atoms with Crippen molar-refractivity contribution in [1.82, 2.24) is 5.32 Å². The summed E-state index contributed by atoms with van der Waals surface area (Å²) in [6.45, 7) is -0.176. The Balaban J connectivity index is 2.24. The van der Waals surface area contributed by atoms with Crippen LogP contribution in [0.4, 0.5) is 18.9 Å². The number of hydrogen-bond acceptors (Lipinski definition) is 4. The molecule has 0 radical (unpaired) electrons. The predicted molar refractivity (Wildman–Crippen MR) is 67.0 cm³/mol. The highest BCUT2D eigenvalue weighted by Gasteiger charge is 2.41. The Morgan fingerprint density at radius 1 is 1.35 bits per heavy atom. The van der Waals surface area contributed by atoms with Gasteiger partial charge in [0.2, 0.25) is 5.84 Å². The summed E-state index contributed by atoms with van der Waals surface area (Å²) in [7, 11) is 0.